The number of hydrogen-bond acceptors (Lipinski definition) is 4. The Labute approximate surface area is 161 Å². The van der Waals surface area contributed by atoms with Crippen molar-refractivity contribution in [2.24, 2.45) is 0 Å². The van der Waals surface area contributed by atoms with Gasteiger partial charge >= 0.3 is 0 Å². The van der Waals surface area contributed by atoms with Gasteiger partial charge in [0.2, 0.25) is 5.91 Å². The third kappa shape index (κ3) is 6.84. The molecule has 0 saturated carbocycles. The standard InChI is InChI=1S/C20H26N2O3.ClH/c1-3-25-19-13-15(8-11-18(19)24-2)5-4-12-22-20(23)14-16-6-9-17(21)10-7-16;/h6-11,13H,3-5,12,14,21H2,1-2H3,(H,22,23);1H. The molecule has 0 atom stereocenters. The minimum Gasteiger partial charge on any atom is -0.493 e. The van der Waals surface area contributed by atoms with Crippen LogP contribution >= 0.6 is 12.4 Å². The number of aryl methyl sites for hydroxylation is 1. The van der Waals surface area contributed by atoms with E-state index in [1.54, 1.807) is 7.11 Å². The van der Waals surface area contributed by atoms with Crippen molar-refractivity contribution in [1.82, 2.24) is 5.32 Å². The molecule has 2 aromatic carbocycles. The molecule has 142 valence electrons. The normalized spacial score (nSPS) is 9.92. The molecule has 2 rings (SSSR count). The van der Waals surface area contributed by atoms with E-state index in [1.807, 2.05) is 49.4 Å². The second-order valence-electron chi connectivity index (χ2n) is 5.79. The summed E-state index contributed by atoms with van der Waals surface area (Å²) < 4.78 is 10.9. The van der Waals surface area contributed by atoms with Crippen LogP contribution < -0.4 is 20.5 Å². The van der Waals surface area contributed by atoms with Gasteiger partial charge in [-0.15, -0.1) is 12.4 Å². The van der Waals surface area contributed by atoms with Crippen molar-refractivity contribution in [2.45, 2.75) is 26.2 Å². The first-order chi connectivity index (χ1) is 12.1. The fraction of sp³-hybridized carbons (Fsp3) is 0.350. The van der Waals surface area contributed by atoms with Gasteiger partial charge in [-0.3, -0.25) is 4.79 Å². The van der Waals surface area contributed by atoms with Crippen LogP contribution in [0.2, 0.25) is 0 Å². The Morgan fingerprint density at radius 1 is 1.08 bits per heavy atom. The summed E-state index contributed by atoms with van der Waals surface area (Å²) in [5.41, 5.74) is 8.47. The minimum atomic E-state index is 0. The van der Waals surface area contributed by atoms with Crippen LogP contribution in [0.15, 0.2) is 42.5 Å². The second-order valence-corrected chi connectivity index (χ2v) is 5.79. The predicted molar refractivity (Wildman–Crippen MR) is 107 cm³/mol. The molecule has 0 spiro atoms. The van der Waals surface area contributed by atoms with Crippen molar-refractivity contribution < 1.29 is 14.3 Å². The van der Waals surface area contributed by atoms with Crippen LogP contribution in [0.25, 0.3) is 0 Å². The molecule has 0 bridgehead atoms. The van der Waals surface area contributed by atoms with Crippen molar-refractivity contribution in [3.8, 4) is 11.5 Å². The third-order valence-corrected chi connectivity index (χ3v) is 3.84. The lowest BCUT2D eigenvalue weighted by Crippen LogP contribution is -2.26. The van der Waals surface area contributed by atoms with E-state index in [2.05, 4.69) is 5.32 Å². The molecular formula is C20H27ClN2O3. The van der Waals surface area contributed by atoms with E-state index in [0.29, 0.717) is 25.3 Å². The number of hydrogen-bond donors (Lipinski definition) is 2. The highest BCUT2D eigenvalue weighted by Crippen LogP contribution is 2.28. The van der Waals surface area contributed by atoms with E-state index >= 15 is 0 Å². The molecule has 0 saturated heterocycles. The number of carbonyl (C=O) groups excluding carboxylic acids is 1. The lowest BCUT2D eigenvalue weighted by atomic mass is 10.1. The Morgan fingerprint density at radius 3 is 2.42 bits per heavy atom. The highest BCUT2D eigenvalue weighted by Gasteiger charge is 2.06. The number of nitrogens with two attached hydrogens (primary N) is 1. The summed E-state index contributed by atoms with van der Waals surface area (Å²) in [6.07, 6.45) is 2.11. The van der Waals surface area contributed by atoms with Crippen LogP contribution in [-0.2, 0) is 17.6 Å². The Kier molecular flexibility index (Phi) is 9.37. The fourth-order valence-electron chi connectivity index (χ4n) is 2.55. The molecule has 0 aromatic heterocycles. The summed E-state index contributed by atoms with van der Waals surface area (Å²) >= 11 is 0. The smallest absolute Gasteiger partial charge is 0.224 e. The van der Waals surface area contributed by atoms with Gasteiger partial charge in [0.15, 0.2) is 11.5 Å². The number of amides is 1. The average molecular weight is 379 g/mol. The number of nitrogens with one attached hydrogen (secondary N) is 1. The van der Waals surface area contributed by atoms with Crippen LogP contribution in [0, 0.1) is 0 Å². The summed E-state index contributed by atoms with van der Waals surface area (Å²) in [5, 5.41) is 2.95. The maximum Gasteiger partial charge on any atom is 0.224 e. The molecule has 26 heavy (non-hydrogen) atoms. The molecule has 0 aliphatic heterocycles. The fourth-order valence-corrected chi connectivity index (χ4v) is 2.55. The van der Waals surface area contributed by atoms with E-state index in [-0.39, 0.29) is 18.3 Å². The number of halogens is 1. The van der Waals surface area contributed by atoms with Crippen LogP contribution in [0.5, 0.6) is 11.5 Å². The van der Waals surface area contributed by atoms with E-state index in [0.717, 1.165) is 35.5 Å². The van der Waals surface area contributed by atoms with Crippen LogP contribution in [0.3, 0.4) is 0 Å². The minimum absolute atomic E-state index is 0. The number of nitrogen functional groups attached to an aromatic ring is 1. The summed E-state index contributed by atoms with van der Waals surface area (Å²) in [7, 11) is 1.63. The largest absolute Gasteiger partial charge is 0.493 e. The molecule has 5 nitrogen and oxygen atoms in total. The molecule has 6 heteroatoms. The molecule has 0 radical (unpaired) electrons. The molecule has 2 aromatic rings. The quantitative estimate of drug-likeness (QED) is 0.518. The number of anilines is 1. The zero-order valence-electron chi connectivity index (χ0n) is 15.3. The van der Waals surface area contributed by atoms with Crippen LogP contribution in [-0.4, -0.2) is 26.2 Å². The summed E-state index contributed by atoms with van der Waals surface area (Å²) in [5.74, 6) is 1.52. The van der Waals surface area contributed by atoms with E-state index in [9.17, 15) is 4.79 Å². The van der Waals surface area contributed by atoms with Crippen molar-refractivity contribution in [1.29, 1.82) is 0 Å². The van der Waals surface area contributed by atoms with Gasteiger partial charge in [0, 0.05) is 12.2 Å². The number of ether oxygens (including phenoxy) is 2. The first kappa shape index (κ1) is 21.6. The van der Waals surface area contributed by atoms with Crippen LogP contribution in [0.4, 0.5) is 5.69 Å². The molecule has 3 N–H and O–H groups in total. The summed E-state index contributed by atoms with van der Waals surface area (Å²) in [6, 6.07) is 13.3. The Balaban J connectivity index is 0.00000338. The van der Waals surface area contributed by atoms with Gasteiger partial charge < -0.3 is 20.5 Å². The third-order valence-electron chi connectivity index (χ3n) is 3.84. The second kappa shape index (κ2) is 11.3. The Morgan fingerprint density at radius 2 is 1.77 bits per heavy atom. The monoisotopic (exact) mass is 378 g/mol. The number of rotatable bonds is 9. The van der Waals surface area contributed by atoms with E-state index in [4.69, 9.17) is 15.2 Å². The highest BCUT2D eigenvalue weighted by molar-refractivity contribution is 5.85. The number of methoxy groups -OCH3 is 1. The lowest BCUT2D eigenvalue weighted by Gasteiger charge is -2.11. The lowest BCUT2D eigenvalue weighted by molar-refractivity contribution is -0.120. The Bertz CT molecular complexity index is 690. The molecule has 0 heterocycles. The van der Waals surface area contributed by atoms with Gasteiger partial charge in [0.05, 0.1) is 20.1 Å². The molecular weight excluding hydrogens is 352 g/mol. The van der Waals surface area contributed by atoms with E-state index < -0.39 is 0 Å². The van der Waals surface area contributed by atoms with Gasteiger partial charge in [-0.25, -0.2) is 0 Å². The first-order valence-electron chi connectivity index (χ1n) is 8.53. The van der Waals surface area contributed by atoms with Crippen molar-refractivity contribution >= 4 is 24.0 Å². The molecule has 0 fully saturated rings. The highest BCUT2D eigenvalue weighted by atomic mass is 35.5. The SMILES string of the molecule is CCOc1cc(CCCNC(=O)Cc2ccc(N)cc2)ccc1OC.Cl. The van der Waals surface area contributed by atoms with Gasteiger partial charge in [-0.05, 0) is 55.2 Å². The summed E-state index contributed by atoms with van der Waals surface area (Å²) in [6.45, 7) is 3.19. The predicted octanol–water partition coefficient (Wildman–Crippen LogP) is 3.39. The zero-order valence-corrected chi connectivity index (χ0v) is 16.1. The van der Waals surface area contributed by atoms with Gasteiger partial charge in [0.1, 0.15) is 0 Å². The van der Waals surface area contributed by atoms with Crippen molar-refractivity contribution in [3.05, 3.63) is 53.6 Å². The topological polar surface area (TPSA) is 73.6 Å². The molecule has 0 aliphatic rings. The van der Waals surface area contributed by atoms with Crippen molar-refractivity contribution in [3.63, 3.8) is 0 Å². The van der Waals surface area contributed by atoms with Crippen molar-refractivity contribution in [2.75, 3.05) is 26.0 Å². The first-order valence-corrected chi connectivity index (χ1v) is 8.53. The van der Waals surface area contributed by atoms with Gasteiger partial charge in [-0.2, -0.15) is 0 Å². The van der Waals surface area contributed by atoms with Gasteiger partial charge in [0.25, 0.3) is 0 Å². The number of benzene rings is 2. The maximum atomic E-state index is 12.0. The number of carbonyl (C=O) groups is 1. The molecule has 0 unspecified atom stereocenters. The maximum absolute atomic E-state index is 12.0. The molecule has 1 amide bonds. The van der Waals surface area contributed by atoms with Gasteiger partial charge in [-0.1, -0.05) is 18.2 Å². The van der Waals surface area contributed by atoms with E-state index in [1.165, 1.54) is 0 Å². The molecule has 0 aliphatic carbocycles. The Hall–Kier alpha value is -2.40. The zero-order chi connectivity index (χ0) is 18.1. The summed E-state index contributed by atoms with van der Waals surface area (Å²) in [4.78, 5) is 12.0. The average Bonchev–Trinajstić information content (AvgIpc) is 2.61. The van der Waals surface area contributed by atoms with Crippen LogP contribution in [0.1, 0.15) is 24.5 Å².